The number of hydrogen-bond donors (Lipinski definition) is 2. The van der Waals surface area contributed by atoms with Crippen molar-refractivity contribution in [2.24, 2.45) is 0 Å². The molecule has 0 saturated carbocycles. The maximum absolute atomic E-state index is 10.6. The summed E-state index contributed by atoms with van der Waals surface area (Å²) in [5.41, 5.74) is 5.08. The SMILES string of the molecule is COCCOc1cnc(C(=O)O)c(N)n1. The summed E-state index contributed by atoms with van der Waals surface area (Å²) in [5.74, 6) is -1.21. The minimum Gasteiger partial charge on any atom is -0.476 e. The van der Waals surface area contributed by atoms with Crippen molar-refractivity contribution < 1.29 is 19.4 Å². The predicted octanol–water partition coefficient (Wildman–Crippen LogP) is -0.218. The summed E-state index contributed by atoms with van der Waals surface area (Å²) in [7, 11) is 1.54. The highest BCUT2D eigenvalue weighted by Gasteiger charge is 2.11. The first-order valence-corrected chi connectivity index (χ1v) is 4.12. The highest BCUT2D eigenvalue weighted by molar-refractivity contribution is 5.90. The molecule has 1 rings (SSSR count). The molecule has 0 saturated heterocycles. The van der Waals surface area contributed by atoms with Gasteiger partial charge < -0.3 is 20.3 Å². The molecule has 0 aromatic carbocycles. The molecule has 1 aromatic rings. The van der Waals surface area contributed by atoms with Gasteiger partial charge in [-0.2, -0.15) is 4.98 Å². The number of nitrogens with zero attached hydrogens (tertiary/aromatic N) is 2. The number of hydrogen-bond acceptors (Lipinski definition) is 6. The van der Waals surface area contributed by atoms with Gasteiger partial charge >= 0.3 is 5.97 Å². The number of aromatic carboxylic acids is 1. The van der Waals surface area contributed by atoms with Crippen LogP contribution in [0.25, 0.3) is 0 Å². The van der Waals surface area contributed by atoms with Crippen LogP contribution in [0.4, 0.5) is 5.82 Å². The van der Waals surface area contributed by atoms with E-state index in [1.165, 1.54) is 13.3 Å². The Kier molecular flexibility index (Phi) is 3.81. The van der Waals surface area contributed by atoms with Crippen molar-refractivity contribution in [3.8, 4) is 5.88 Å². The number of anilines is 1. The lowest BCUT2D eigenvalue weighted by atomic mass is 10.4. The topological polar surface area (TPSA) is 108 Å². The monoisotopic (exact) mass is 213 g/mol. The smallest absolute Gasteiger partial charge is 0.358 e. The number of carbonyl (C=O) groups is 1. The number of nitrogens with two attached hydrogens (primary N) is 1. The quantitative estimate of drug-likeness (QED) is 0.651. The Hall–Kier alpha value is -1.89. The lowest BCUT2D eigenvalue weighted by Gasteiger charge is -2.05. The van der Waals surface area contributed by atoms with Crippen molar-refractivity contribution in [3.05, 3.63) is 11.9 Å². The Morgan fingerprint density at radius 2 is 2.33 bits per heavy atom. The highest BCUT2D eigenvalue weighted by Crippen LogP contribution is 2.11. The summed E-state index contributed by atoms with van der Waals surface area (Å²) in [6, 6.07) is 0. The second kappa shape index (κ2) is 5.11. The van der Waals surface area contributed by atoms with Gasteiger partial charge in [0, 0.05) is 7.11 Å². The normalized spacial score (nSPS) is 9.93. The Labute approximate surface area is 85.9 Å². The molecule has 1 heterocycles. The molecule has 0 amide bonds. The number of aromatic nitrogens is 2. The fourth-order valence-electron chi connectivity index (χ4n) is 0.850. The molecule has 0 radical (unpaired) electrons. The minimum atomic E-state index is -1.22. The van der Waals surface area contributed by atoms with Crippen molar-refractivity contribution in [2.45, 2.75) is 0 Å². The minimum absolute atomic E-state index is 0.169. The Morgan fingerprint density at radius 1 is 1.60 bits per heavy atom. The van der Waals surface area contributed by atoms with Crippen LogP contribution in [0.3, 0.4) is 0 Å². The zero-order valence-electron chi connectivity index (χ0n) is 8.14. The van der Waals surface area contributed by atoms with E-state index < -0.39 is 5.97 Å². The number of rotatable bonds is 5. The summed E-state index contributed by atoms with van der Waals surface area (Å²) in [6.07, 6.45) is 1.20. The van der Waals surface area contributed by atoms with Gasteiger partial charge in [-0.05, 0) is 0 Å². The van der Waals surface area contributed by atoms with Gasteiger partial charge in [0.2, 0.25) is 5.88 Å². The zero-order chi connectivity index (χ0) is 11.3. The zero-order valence-corrected chi connectivity index (χ0v) is 8.14. The molecular weight excluding hydrogens is 202 g/mol. The summed E-state index contributed by atoms with van der Waals surface area (Å²) in [5, 5.41) is 8.63. The summed E-state index contributed by atoms with van der Waals surface area (Å²) in [6.45, 7) is 0.708. The van der Waals surface area contributed by atoms with Crippen LogP contribution in [0, 0.1) is 0 Å². The lowest BCUT2D eigenvalue weighted by molar-refractivity contribution is 0.0691. The van der Waals surface area contributed by atoms with Crippen LogP contribution in [0.2, 0.25) is 0 Å². The van der Waals surface area contributed by atoms with Gasteiger partial charge in [0.15, 0.2) is 11.5 Å². The van der Waals surface area contributed by atoms with E-state index in [-0.39, 0.29) is 17.4 Å². The molecule has 0 aliphatic carbocycles. The molecule has 1 aromatic heterocycles. The third-order valence-corrected chi connectivity index (χ3v) is 1.52. The van der Waals surface area contributed by atoms with E-state index in [1.807, 2.05) is 0 Å². The average Bonchev–Trinajstić information content (AvgIpc) is 2.17. The van der Waals surface area contributed by atoms with E-state index in [2.05, 4.69) is 9.97 Å². The molecule has 7 heteroatoms. The molecular formula is C8H11N3O4. The highest BCUT2D eigenvalue weighted by atomic mass is 16.5. The molecule has 0 aliphatic rings. The molecule has 0 atom stereocenters. The summed E-state index contributed by atoms with van der Waals surface area (Å²) < 4.78 is 9.85. The fourth-order valence-corrected chi connectivity index (χ4v) is 0.850. The van der Waals surface area contributed by atoms with Gasteiger partial charge in [0.1, 0.15) is 6.61 Å². The first-order chi connectivity index (χ1) is 7.15. The maximum atomic E-state index is 10.6. The largest absolute Gasteiger partial charge is 0.476 e. The van der Waals surface area contributed by atoms with E-state index in [0.717, 1.165) is 0 Å². The van der Waals surface area contributed by atoms with E-state index in [1.54, 1.807) is 0 Å². The van der Waals surface area contributed by atoms with Crippen LogP contribution >= 0.6 is 0 Å². The lowest BCUT2D eigenvalue weighted by Crippen LogP contribution is -2.10. The van der Waals surface area contributed by atoms with Crippen molar-refractivity contribution in [3.63, 3.8) is 0 Å². The van der Waals surface area contributed by atoms with Crippen molar-refractivity contribution >= 4 is 11.8 Å². The molecule has 0 spiro atoms. The molecule has 0 unspecified atom stereocenters. The summed E-state index contributed by atoms with van der Waals surface area (Å²) in [4.78, 5) is 17.9. The molecule has 7 nitrogen and oxygen atoms in total. The first kappa shape index (κ1) is 11.2. The van der Waals surface area contributed by atoms with Crippen LogP contribution in [0.5, 0.6) is 5.88 Å². The van der Waals surface area contributed by atoms with Gasteiger partial charge in [0.05, 0.1) is 12.8 Å². The molecule has 0 aliphatic heterocycles. The van der Waals surface area contributed by atoms with Gasteiger partial charge in [-0.3, -0.25) is 0 Å². The van der Waals surface area contributed by atoms with Crippen molar-refractivity contribution in [1.29, 1.82) is 0 Å². The van der Waals surface area contributed by atoms with Crippen LogP contribution < -0.4 is 10.5 Å². The number of carboxylic acids is 1. The predicted molar refractivity (Wildman–Crippen MR) is 50.8 cm³/mol. The molecule has 0 fully saturated rings. The summed E-state index contributed by atoms with van der Waals surface area (Å²) >= 11 is 0. The first-order valence-electron chi connectivity index (χ1n) is 4.12. The average molecular weight is 213 g/mol. The second-order valence-electron chi connectivity index (χ2n) is 2.59. The van der Waals surface area contributed by atoms with Crippen molar-refractivity contribution in [2.75, 3.05) is 26.1 Å². The molecule has 15 heavy (non-hydrogen) atoms. The second-order valence-corrected chi connectivity index (χ2v) is 2.59. The van der Waals surface area contributed by atoms with Crippen LogP contribution in [0.15, 0.2) is 6.20 Å². The Morgan fingerprint density at radius 3 is 2.87 bits per heavy atom. The van der Waals surface area contributed by atoms with Gasteiger partial charge in [-0.25, -0.2) is 9.78 Å². The van der Waals surface area contributed by atoms with Crippen molar-refractivity contribution in [1.82, 2.24) is 9.97 Å². The van der Waals surface area contributed by atoms with E-state index in [4.69, 9.17) is 20.3 Å². The molecule has 82 valence electrons. The van der Waals surface area contributed by atoms with Gasteiger partial charge in [0.25, 0.3) is 0 Å². The molecule has 3 N–H and O–H groups in total. The maximum Gasteiger partial charge on any atom is 0.358 e. The fraction of sp³-hybridized carbons (Fsp3) is 0.375. The Bertz CT molecular complexity index is 356. The Balaban J connectivity index is 2.69. The van der Waals surface area contributed by atoms with E-state index in [0.29, 0.717) is 13.2 Å². The third-order valence-electron chi connectivity index (χ3n) is 1.52. The van der Waals surface area contributed by atoms with Gasteiger partial charge in [-0.15, -0.1) is 0 Å². The number of methoxy groups -OCH3 is 1. The van der Waals surface area contributed by atoms with Crippen LogP contribution in [0.1, 0.15) is 10.5 Å². The van der Waals surface area contributed by atoms with E-state index >= 15 is 0 Å². The van der Waals surface area contributed by atoms with Crippen LogP contribution in [-0.2, 0) is 4.74 Å². The molecule has 0 bridgehead atoms. The standard InChI is InChI=1S/C8H11N3O4/c1-14-2-3-15-5-4-10-6(8(12)13)7(9)11-5/h4H,2-3H2,1H3,(H2,9,11)(H,12,13). The number of nitrogen functional groups attached to an aromatic ring is 1. The van der Waals surface area contributed by atoms with Crippen LogP contribution in [-0.4, -0.2) is 41.4 Å². The number of ether oxygens (including phenoxy) is 2. The number of carboxylic acid groups (broad SMARTS) is 1. The van der Waals surface area contributed by atoms with Gasteiger partial charge in [-0.1, -0.05) is 0 Å². The third kappa shape index (κ3) is 3.06. The van der Waals surface area contributed by atoms with E-state index in [9.17, 15) is 4.79 Å².